The van der Waals surface area contributed by atoms with Crippen molar-refractivity contribution in [2.24, 2.45) is 5.92 Å². The molecule has 1 aromatic heterocycles. The lowest BCUT2D eigenvalue weighted by molar-refractivity contribution is 0.0950. The van der Waals surface area contributed by atoms with E-state index >= 15 is 0 Å². The Morgan fingerprint density at radius 1 is 1.18 bits per heavy atom. The number of rotatable bonds is 8. The lowest BCUT2D eigenvalue weighted by Crippen LogP contribution is -2.36. The predicted octanol–water partition coefficient (Wildman–Crippen LogP) is 4.79. The Bertz CT molecular complexity index is 1090. The molecule has 0 saturated heterocycles. The van der Waals surface area contributed by atoms with E-state index in [0.717, 1.165) is 28.1 Å². The van der Waals surface area contributed by atoms with Crippen molar-refractivity contribution in [3.8, 4) is 0 Å². The van der Waals surface area contributed by atoms with Crippen LogP contribution in [-0.2, 0) is 6.54 Å². The fourth-order valence-corrected chi connectivity index (χ4v) is 5.09. The fourth-order valence-electron chi connectivity index (χ4n) is 5.09. The number of carbonyl (C=O) groups is 1. The van der Waals surface area contributed by atoms with E-state index in [0.29, 0.717) is 29.1 Å². The van der Waals surface area contributed by atoms with Crippen molar-refractivity contribution in [3.05, 3.63) is 68.6 Å². The Morgan fingerprint density at radius 3 is 2.44 bits per heavy atom. The summed E-state index contributed by atoms with van der Waals surface area (Å²) < 4.78 is 0. The highest BCUT2D eigenvalue weighted by molar-refractivity contribution is 5.97. The van der Waals surface area contributed by atoms with Crippen LogP contribution >= 0.6 is 0 Å². The Balaban J connectivity index is 1.75. The molecule has 34 heavy (non-hydrogen) atoms. The van der Waals surface area contributed by atoms with Crippen LogP contribution in [0.2, 0.25) is 0 Å². The van der Waals surface area contributed by atoms with Gasteiger partial charge in [-0.2, -0.15) is 0 Å². The third-order valence-electron chi connectivity index (χ3n) is 7.39. The Morgan fingerprint density at radius 2 is 1.85 bits per heavy atom. The largest absolute Gasteiger partial charge is 0.382 e. The number of benzene rings is 1. The first kappa shape index (κ1) is 25.8. The quantitative estimate of drug-likeness (QED) is 0.525. The standard InChI is InChI=1S/C28H40N4O2/c1-8-21-14-24(27(33)29-16-25-17(2)13-18(3)30-28(25)34)19(4)26(15-21)31-20(5)22-9-11-23(12-10-22)32(6)7/h8,13-15,20,22-23,31H,1,9-12,16H2,2-7H3,(H,29,33)(H,30,34). The molecule has 1 heterocycles. The number of nitrogens with zero attached hydrogens (tertiary/aromatic N) is 1. The van der Waals surface area contributed by atoms with Crippen LogP contribution in [0.5, 0.6) is 0 Å². The topological polar surface area (TPSA) is 77.2 Å². The maximum absolute atomic E-state index is 13.1. The number of hydrogen-bond acceptors (Lipinski definition) is 4. The van der Waals surface area contributed by atoms with Gasteiger partial charge in [0.05, 0.1) is 0 Å². The summed E-state index contributed by atoms with van der Waals surface area (Å²) in [6, 6.07) is 6.83. The van der Waals surface area contributed by atoms with Gasteiger partial charge < -0.3 is 20.5 Å². The molecule has 1 aromatic carbocycles. The van der Waals surface area contributed by atoms with Crippen LogP contribution in [0.25, 0.3) is 6.08 Å². The number of aromatic amines is 1. The highest BCUT2D eigenvalue weighted by Crippen LogP contribution is 2.31. The smallest absolute Gasteiger partial charge is 0.253 e. The average molecular weight is 465 g/mol. The van der Waals surface area contributed by atoms with E-state index < -0.39 is 0 Å². The zero-order valence-electron chi connectivity index (χ0n) is 21.5. The fraction of sp³-hybridized carbons (Fsp3) is 0.500. The molecule has 1 fully saturated rings. The number of anilines is 1. The van der Waals surface area contributed by atoms with Gasteiger partial charge in [0.25, 0.3) is 11.5 Å². The van der Waals surface area contributed by atoms with Gasteiger partial charge in [-0.15, -0.1) is 0 Å². The Kier molecular flexibility index (Phi) is 8.37. The molecule has 0 bridgehead atoms. The van der Waals surface area contributed by atoms with Gasteiger partial charge in [-0.25, -0.2) is 0 Å². The Hall–Kier alpha value is -2.86. The number of hydrogen-bond donors (Lipinski definition) is 3. The summed E-state index contributed by atoms with van der Waals surface area (Å²) in [5, 5.41) is 6.64. The summed E-state index contributed by atoms with van der Waals surface area (Å²) >= 11 is 0. The summed E-state index contributed by atoms with van der Waals surface area (Å²) in [5.41, 5.74) is 5.48. The van der Waals surface area contributed by atoms with Gasteiger partial charge in [0.1, 0.15) is 0 Å². The summed E-state index contributed by atoms with van der Waals surface area (Å²) in [5.74, 6) is 0.416. The van der Waals surface area contributed by atoms with Crippen molar-refractivity contribution in [1.29, 1.82) is 0 Å². The molecule has 1 amide bonds. The number of H-pyrrole nitrogens is 1. The maximum atomic E-state index is 13.1. The molecule has 1 aliphatic carbocycles. The van der Waals surface area contributed by atoms with E-state index in [4.69, 9.17) is 0 Å². The molecule has 6 heteroatoms. The molecule has 0 radical (unpaired) electrons. The van der Waals surface area contributed by atoms with Crippen LogP contribution in [0.3, 0.4) is 0 Å². The van der Waals surface area contributed by atoms with Gasteiger partial charge in [-0.1, -0.05) is 12.7 Å². The zero-order valence-corrected chi connectivity index (χ0v) is 21.5. The van der Waals surface area contributed by atoms with Gasteiger partial charge in [0.15, 0.2) is 0 Å². The molecule has 0 spiro atoms. The third-order valence-corrected chi connectivity index (χ3v) is 7.39. The molecule has 6 nitrogen and oxygen atoms in total. The molecular weight excluding hydrogens is 424 g/mol. The van der Waals surface area contributed by atoms with Gasteiger partial charge in [0, 0.05) is 41.1 Å². The van der Waals surface area contributed by atoms with E-state index in [1.807, 2.05) is 32.9 Å². The third kappa shape index (κ3) is 5.98. The molecule has 1 unspecified atom stereocenters. The number of aromatic nitrogens is 1. The maximum Gasteiger partial charge on any atom is 0.253 e. The first-order chi connectivity index (χ1) is 16.1. The number of aryl methyl sites for hydroxylation is 2. The number of amides is 1. The molecule has 2 aromatic rings. The van der Waals surface area contributed by atoms with Crippen molar-refractivity contribution in [2.75, 3.05) is 19.4 Å². The summed E-state index contributed by atoms with van der Waals surface area (Å²) in [6.07, 6.45) is 6.62. The van der Waals surface area contributed by atoms with E-state index in [2.05, 4.69) is 54.2 Å². The molecule has 3 N–H and O–H groups in total. The minimum Gasteiger partial charge on any atom is -0.382 e. The molecule has 184 valence electrons. The highest BCUT2D eigenvalue weighted by Gasteiger charge is 2.27. The molecule has 1 aliphatic rings. The van der Waals surface area contributed by atoms with Crippen LogP contribution in [0, 0.1) is 26.7 Å². The average Bonchev–Trinajstić information content (AvgIpc) is 2.79. The monoisotopic (exact) mass is 464 g/mol. The molecule has 3 rings (SSSR count). The van der Waals surface area contributed by atoms with Gasteiger partial charge in [-0.05, 0) is 108 Å². The predicted molar refractivity (Wildman–Crippen MR) is 141 cm³/mol. The lowest BCUT2D eigenvalue weighted by Gasteiger charge is -2.36. The van der Waals surface area contributed by atoms with Crippen LogP contribution < -0.4 is 16.2 Å². The highest BCUT2D eigenvalue weighted by atomic mass is 16.1. The number of carbonyl (C=O) groups excluding carboxylic acids is 1. The van der Waals surface area contributed by atoms with E-state index in [9.17, 15) is 9.59 Å². The van der Waals surface area contributed by atoms with Crippen molar-refractivity contribution >= 4 is 17.7 Å². The second-order valence-corrected chi connectivity index (χ2v) is 10.0. The van der Waals surface area contributed by atoms with Gasteiger partial charge in [-0.3, -0.25) is 9.59 Å². The molecular formula is C28H40N4O2. The van der Waals surface area contributed by atoms with E-state index in [1.54, 1.807) is 6.08 Å². The molecule has 1 saturated carbocycles. The first-order valence-electron chi connectivity index (χ1n) is 12.3. The minimum absolute atomic E-state index is 0.158. The van der Waals surface area contributed by atoms with Crippen LogP contribution in [0.15, 0.2) is 29.6 Å². The zero-order chi connectivity index (χ0) is 25.0. The number of pyridine rings is 1. The summed E-state index contributed by atoms with van der Waals surface area (Å²) in [6.45, 7) is 12.1. The van der Waals surface area contributed by atoms with Crippen molar-refractivity contribution in [1.82, 2.24) is 15.2 Å². The second kappa shape index (κ2) is 11.0. The first-order valence-corrected chi connectivity index (χ1v) is 12.3. The normalized spacial score (nSPS) is 19.0. The van der Waals surface area contributed by atoms with Crippen LogP contribution in [-0.4, -0.2) is 42.0 Å². The lowest BCUT2D eigenvalue weighted by atomic mass is 9.81. The summed E-state index contributed by atoms with van der Waals surface area (Å²) in [4.78, 5) is 30.6. The van der Waals surface area contributed by atoms with Crippen LogP contribution in [0.4, 0.5) is 5.69 Å². The second-order valence-electron chi connectivity index (χ2n) is 10.0. The van der Waals surface area contributed by atoms with Crippen molar-refractivity contribution in [2.45, 2.75) is 72.0 Å². The molecule has 1 atom stereocenters. The minimum atomic E-state index is -0.192. The van der Waals surface area contributed by atoms with Crippen LogP contribution in [0.1, 0.15) is 70.9 Å². The van der Waals surface area contributed by atoms with Crippen molar-refractivity contribution < 1.29 is 4.79 Å². The SMILES string of the molecule is C=Cc1cc(NC(C)C2CCC(N(C)C)CC2)c(C)c(C(=O)NCc2c(C)cc(C)[nH]c2=O)c1. The van der Waals surface area contributed by atoms with Crippen molar-refractivity contribution in [3.63, 3.8) is 0 Å². The van der Waals surface area contributed by atoms with Gasteiger partial charge in [0.2, 0.25) is 0 Å². The number of nitrogens with one attached hydrogen (secondary N) is 3. The molecule has 0 aliphatic heterocycles. The van der Waals surface area contributed by atoms with E-state index in [-0.39, 0.29) is 18.0 Å². The Labute approximate surface area is 203 Å². The van der Waals surface area contributed by atoms with Gasteiger partial charge >= 0.3 is 0 Å². The van der Waals surface area contributed by atoms with E-state index in [1.165, 1.54) is 25.7 Å². The summed E-state index contributed by atoms with van der Waals surface area (Å²) in [7, 11) is 4.33.